The SMILES string of the molecule is CC(=O)NCCn1c(N)n[nH]c1=S. The van der Waals surface area contributed by atoms with Gasteiger partial charge in [-0.05, 0) is 12.2 Å². The van der Waals surface area contributed by atoms with E-state index in [-0.39, 0.29) is 5.91 Å². The van der Waals surface area contributed by atoms with Crippen molar-refractivity contribution in [3.05, 3.63) is 4.77 Å². The van der Waals surface area contributed by atoms with E-state index >= 15 is 0 Å². The molecule has 0 saturated carbocycles. The lowest BCUT2D eigenvalue weighted by molar-refractivity contribution is -0.118. The molecule has 7 heteroatoms. The predicted molar refractivity (Wildman–Crippen MR) is 50.5 cm³/mol. The number of nitrogen functional groups attached to an aromatic ring is 1. The molecule has 13 heavy (non-hydrogen) atoms. The Bertz CT molecular complexity index is 354. The smallest absolute Gasteiger partial charge is 0.220 e. The minimum Gasteiger partial charge on any atom is -0.368 e. The minimum atomic E-state index is -0.0754. The second-order valence-electron chi connectivity index (χ2n) is 2.52. The second-order valence-corrected chi connectivity index (χ2v) is 2.91. The van der Waals surface area contributed by atoms with E-state index in [4.69, 9.17) is 18.0 Å². The fourth-order valence-corrected chi connectivity index (χ4v) is 1.12. The number of carbonyl (C=O) groups is 1. The van der Waals surface area contributed by atoms with Crippen LogP contribution in [-0.2, 0) is 11.3 Å². The molecule has 0 atom stereocenters. The summed E-state index contributed by atoms with van der Waals surface area (Å²) < 4.78 is 2.08. The van der Waals surface area contributed by atoms with Crippen LogP contribution in [0.3, 0.4) is 0 Å². The summed E-state index contributed by atoms with van der Waals surface area (Å²) >= 11 is 4.90. The van der Waals surface area contributed by atoms with E-state index in [0.29, 0.717) is 23.8 Å². The van der Waals surface area contributed by atoms with E-state index in [1.54, 1.807) is 4.57 Å². The molecule has 1 heterocycles. The summed E-state index contributed by atoms with van der Waals surface area (Å²) in [4.78, 5) is 10.5. The Kier molecular flexibility index (Phi) is 3.02. The van der Waals surface area contributed by atoms with Gasteiger partial charge in [0.2, 0.25) is 11.9 Å². The number of rotatable bonds is 3. The Morgan fingerprint density at radius 2 is 2.54 bits per heavy atom. The highest BCUT2D eigenvalue weighted by Gasteiger charge is 2.00. The molecular formula is C6H11N5OS. The molecule has 1 aromatic rings. The maximum absolute atomic E-state index is 10.5. The number of hydrogen-bond acceptors (Lipinski definition) is 4. The Morgan fingerprint density at radius 3 is 3.00 bits per heavy atom. The maximum atomic E-state index is 10.5. The van der Waals surface area contributed by atoms with Gasteiger partial charge in [-0.3, -0.25) is 9.36 Å². The molecule has 0 radical (unpaired) electrons. The molecule has 0 bridgehead atoms. The number of anilines is 1. The first-order valence-corrected chi connectivity index (χ1v) is 4.17. The lowest BCUT2D eigenvalue weighted by Crippen LogP contribution is -2.24. The Labute approximate surface area is 80.1 Å². The largest absolute Gasteiger partial charge is 0.368 e. The summed E-state index contributed by atoms with van der Waals surface area (Å²) in [5, 5.41) is 8.91. The lowest BCUT2D eigenvalue weighted by atomic mass is 10.5. The molecule has 0 spiro atoms. The highest BCUT2D eigenvalue weighted by atomic mass is 32.1. The first-order valence-electron chi connectivity index (χ1n) is 3.76. The van der Waals surface area contributed by atoms with Crippen molar-refractivity contribution in [1.82, 2.24) is 20.1 Å². The summed E-state index contributed by atoms with van der Waals surface area (Å²) in [6.07, 6.45) is 0. The van der Waals surface area contributed by atoms with Crippen LogP contribution in [0.1, 0.15) is 6.92 Å². The summed E-state index contributed by atoms with van der Waals surface area (Å²) in [6, 6.07) is 0. The van der Waals surface area contributed by atoms with Crippen LogP contribution in [0.2, 0.25) is 0 Å². The molecule has 0 aliphatic rings. The minimum absolute atomic E-state index is 0.0754. The van der Waals surface area contributed by atoms with Crippen molar-refractivity contribution in [2.45, 2.75) is 13.5 Å². The van der Waals surface area contributed by atoms with Crippen LogP contribution in [0.5, 0.6) is 0 Å². The molecule has 0 unspecified atom stereocenters. The zero-order valence-corrected chi connectivity index (χ0v) is 8.02. The molecule has 1 aromatic heterocycles. The van der Waals surface area contributed by atoms with E-state index in [0.717, 1.165) is 0 Å². The summed E-state index contributed by atoms with van der Waals surface area (Å²) in [5.74, 6) is 0.254. The van der Waals surface area contributed by atoms with Crippen molar-refractivity contribution in [2.75, 3.05) is 12.3 Å². The van der Waals surface area contributed by atoms with Gasteiger partial charge in [-0.2, -0.15) is 0 Å². The summed E-state index contributed by atoms with van der Waals surface area (Å²) in [6.45, 7) is 2.48. The second kappa shape index (κ2) is 4.04. The fourth-order valence-electron chi connectivity index (χ4n) is 0.890. The number of carbonyl (C=O) groups excluding carboxylic acids is 1. The summed E-state index contributed by atoms with van der Waals surface area (Å²) in [5.41, 5.74) is 5.50. The van der Waals surface area contributed by atoms with Crippen LogP contribution < -0.4 is 11.1 Å². The normalized spacial score (nSPS) is 9.92. The van der Waals surface area contributed by atoms with E-state index in [1.807, 2.05) is 0 Å². The third-order valence-corrected chi connectivity index (χ3v) is 1.81. The number of aromatic amines is 1. The molecular weight excluding hydrogens is 190 g/mol. The maximum Gasteiger partial charge on any atom is 0.220 e. The number of hydrogen-bond donors (Lipinski definition) is 3. The van der Waals surface area contributed by atoms with Crippen LogP contribution in [0.25, 0.3) is 0 Å². The van der Waals surface area contributed by atoms with Crippen LogP contribution in [0.4, 0.5) is 5.95 Å². The topological polar surface area (TPSA) is 88.7 Å². The third kappa shape index (κ3) is 2.55. The molecule has 0 aromatic carbocycles. The highest BCUT2D eigenvalue weighted by molar-refractivity contribution is 7.71. The van der Waals surface area contributed by atoms with E-state index in [9.17, 15) is 4.79 Å². The van der Waals surface area contributed by atoms with Gasteiger partial charge < -0.3 is 11.1 Å². The van der Waals surface area contributed by atoms with Crippen molar-refractivity contribution in [2.24, 2.45) is 0 Å². The first kappa shape index (κ1) is 9.72. The van der Waals surface area contributed by atoms with Gasteiger partial charge in [0.1, 0.15) is 0 Å². The Balaban J connectivity index is 2.54. The van der Waals surface area contributed by atoms with E-state index in [2.05, 4.69) is 15.5 Å². The molecule has 4 N–H and O–H groups in total. The average molecular weight is 201 g/mol. The lowest BCUT2D eigenvalue weighted by Gasteiger charge is -2.03. The standard InChI is InChI=1S/C6H11N5OS/c1-4(12)8-2-3-11-5(7)9-10-6(11)13/h2-3H2,1H3,(H2,7,9)(H,8,12)(H,10,13). The monoisotopic (exact) mass is 201 g/mol. The highest BCUT2D eigenvalue weighted by Crippen LogP contribution is 1.96. The number of nitrogens with two attached hydrogens (primary N) is 1. The van der Waals surface area contributed by atoms with Crippen molar-refractivity contribution in [3.8, 4) is 0 Å². The number of nitrogens with zero attached hydrogens (tertiary/aromatic N) is 2. The predicted octanol–water partition coefficient (Wildman–Crippen LogP) is -0.341. The summed E-state index contributed by atoms with van der Waals surface area (Å²) in [7, 11) is 0. The van der Waals surface area contributed by atoms with Crippen LogP contribution >= 0.6 is 12.2 Å². The van der Waals surface area contributed by atoms with Gasteiger partial charge in [-0.1, -0.05) is 0 Å². The van der Waals surface area contributed by atoms with Crippen molar-refractivity contribution >= 4 is 24.1 Å². The first-order chi connectivity index (χ1) is 6.11. The zero-order valence-electron chi connectivity index (χ0n) is 7.20. The average Bonchev–Trinajstić information content (AvgIpc) is 2.34. The van der Waals surface area contributed by atoms with E-state index in [1.165, 1.54) is 6.92 Å². The molecule has 0 fully saturated rings. The van der Waals surface area contributed by atoms with Crippen LogP contribution in [0.15, 0.2) is 0 Å². The molecule has 0 saturated heterocycles. The van der Waals surface area contributed by atoms with Gasteiger partial charge in [0.05, 0.1) is 0 Å². The number of aromatic nitrogens is 3. The molecule has 0 aliphatic heterocycles. The van der Waals surface area contributed by atoms with Crippen molar-refractivity contribution in [1.29, 1.82) is 0 Å². The Morgan fingerprint density at radius 1 is 1.85 bits per heavy atom. The zero-order chi connectivity index (χ0) is 9.84. The van der Waals surface area contributed by atoms with Crippen molar-refractivity contribution < 1.29 is 4.79 Å². The number of H-pyrrole nitrogens is 1. The number of nitrogens with one attached hydrogen (secondary N) is 2. The molecule has 6 nitrogen and oxygen atoms in total. The van der Waals surface area contributed by atoms with Crippen LogP contribution in [0, 0.1) is 4.77 Å². The third-order valence-electron chi connectivity index (χ3n) is 1.50. The molecule has 1 amide bonds. The van der Waals surface area contributed by atoms with Gasteiger partial charge >= 0.3 is 0 Å². The van der Waals surface area contributed by atoms with Gasteiger partial charge in [-0.15, -0.1) is 5.10 Å². The molecule has 72 valence electrons. The quantitative estimate of drug-likeness (QED) is 0.584. The van der Waals surface area contributed by atoms with Crippen LogP contribution in [-0.4, -0.2) is 27.2 Å². The van der Waals surface area contributed by atoms with E-state index < -0.39 is 0 Å². The van der Waals surface area contributed by atoms with Gasteiger partial charge in [0.25, 0.3) is 0 Å². The van der Waals surface area contributed by atoms with Gasteiger partial charge in [0, 0.05) is 20.0 Å². The van der Waals surface area contributed by atoms with Crippen molar-refractivity contribution in [3.63, 3.8) is 0 Å². The van der Waals surface area contributed by atoms with Gasteiger partial charge in [0.15, 0.2) is 4.77 Å². The fraction of sp³-hybridized carbons (Fsp3) is 0.500. The molecule has 1 rings (SSSR count). The number of amides is 1. The Hall–Kier alpha value is -1.37. The van der Waals surface area contributed by atoms with Gasteiger partial charge in [-0.25, -0.2) is 5.10 Å². The molecule has 0 aliphatic carbocycles.